The van der Waals surface area contributed by atoms with Gasteiger partial charge in [0.15, 0.2) is 0 Å². The van der Waals surface area contributed by atoms with Crippen LogP contribution in [0.2, 0.25) is 10.0 Å². The van der Waals surface area contributed by atoms with Gasteiger partial charge in [0.2, 0.25) is 15.9 Å². The summed E-state index contributed by atoms with van der Waals surface area (Å²) in [5, 5.41) is 3.25. The van der Waals surface area contributed by atoms with Gasteiger partial charge in [0.1, 0.15) is 0 Å². The second kappa shape index (κ2) is 7.79. The molecule has 0 spiro atoms. The van der Waals surface area contributed by atoms with Gasteiger partial charge in [-0.15, -0.1) is 6.58 Å². The van der Waals surface area contributed by atoms with Gasteiger partial charge in [0, 0.05) is 13.1 Å². The van der Waals surface area contributed by atoms with Gasteiger partial charge < -0.3 is 5.32 Å². The van der Waals surface area contributed by atoms with Gasteiger partial charge in [0.05, 0.1) is 22.8 Å². The van der Waals surface area contributed by atoms with Crippen molar-refractivity contribution < 1.29 is 13.2 Å². The van der Waals surface area contributed by atoms with Gasteiger partial charge in [-0.1, -0.05) is 35.3 Å². The van der Waals surface area contributed by atoms with Crippen LogP contribution >= 0.6 is 23.2 Å². The van der Waals surface area contributed by atoms with Crippen LogP contribution in [0.15, 0.2) is 30.9 Å². The largest absolute Gasteiger partial charge is 0.351 e. The van der Waals surface area contributed by atoms with Gasteiger partial charge in [0.25, 0.3) is 0 Å². The van der Waals surface area contributed by atoms with Crippen LogP contribution in [0.25, 0.3) is 0 Å². The highest BCUT2D eigenvalue weighted by Gasteiger charge is 2.20. The first-order valence-corrected chi connectivity index (χ1v) is 8.61. The molecule has 0 saturated carbocycles. The maximum absolute atomic E-state index is 11.8. The number of hydrogen-bond acceptors (Lipinski definition) is 3. The second-order valence-electron chi connectivity index (χ2n) is 4.37. The summed E-state index contributed by atoms with van der Waals surface area (Å²) in [6.45, 7) is 3.52. The fraction of sp³-hybridized carbons (Fsp3) is 0.308. The lowest BCUT2D eigenvalue weighted by atomic mass is 10.2. The number of rotatable bonds is 7. The number of carbonyl (C=O) groups excluding carboxylic acids is 1. The Morgan fingerprint density at radius 3 is 2.57 bits per heavy atom. The SMILES string of the molecule is C=CCNC(=O)CN(Cc1ccc(Cl)c(Cl)c1)S(C)(=O)=O. The van der Waals surface area contributed by atoms with Crippen LogP contribution in [0.4, 0.5) is 0 Å². The Morgan fingerprint density at radius 2 is 2.05 bits per heavy atom. The Morgan fingerprint density at radius 1 is 1.38 bits per heavy atom. The number of benzene rings is 1. The van der Waals surface area contributed by atoms with E-state index in [1.54, 1.807) is 18.2 Å². The molecule has 1 amide bonds. The molecule has 1 aromatic rings. The number of hydrogen-bond donors (Lipinski definition) is 1. The molecule has 0 unspecified atom stereocenters. The average Bonchev–Trinajstić information content (AvgIpc) is 2.38. The molecule has 116 valence electrons. The van der Waals surface area contributed by atoms with Crippen molar-refractivity contribution in [1.82, 2.24) is 9.62 Å². The van der Waals surface area contributed by atoms with Gasteiger partial charge in [-0.05, 0) is 17.7 Å². The second-order valence-corrected chi connectivity index (χ2v) is 7.17. The zero-order valence-corrected chi connectivity index (χ0v) is 13.8. The lowest BCUT2D eigenvalue weighted by molar-refractivity contribution is -0.121. The van der Waals surface area contributed by atoms with E-state index < -0.39 is 15.9 Å². The first-order chi connectivity index (χ1) is 9.74. The summed E-state index contributed by atoms with van der Waals surface area (Å²) in [7, 11) is -3.54. The maximum atomic E-state index is 11.8. The van der Waals surface area contributed by atoms with Gasteiger partial charge >= 0.3 is 0 Å². The third-order valence-corrected chi connectivity index (χ3v) is 4.51. The molecule has 21 heavy (non-hydrogen) atoms. The molecule has 0 heterocycles. The van der Waals surface area contributed by atoms with Crippen molar-refractivity contribution in [1.29, 1.82) is 0 Å². The molecule has 0 aliphatic heterocycles. The van der Waals surface area contributed by atoms with Crippen LogP contribution in [0.1, 0.15) is 5.56 Å². The lowest BCUT2D eigenvalue weighted by Gasteiger charge is -2.19. The minimum absolute atomic E-state index is 0.0389. The van der Waals surface area contributed by atoms with Crippen molar-refractivity contribution >= 4 is 39.1 Å². The van der Waals surface area contributed by atoms with E-state index in [-0.39, 0.29) is 19.6 Å². The fourth-order valence-electron chi connectivity index (χ4n) is 1.53. The Kier molecular flexibility index (Phi) is 6.67. The van der Waals surface area contributed by atoms with Gasteiger partial charge in [-0.2, -0.15) is 4.31 Å². The highest BCUT2D eigenvalue weighted by atomic mass is 35.5. The topological polar surface area (TPSA) is 66.5 Å². The highest BCUT2D eigenvalue weighted by molar-refractivity contribution is 7.88. The van der Waals surface area contributed by atoms with Gasteiger partial charge in [-0.3, -0.25) is 4.79 Å². The molecule has 0 aliphatic carbocycles. The molecule has 0 bridgehead atoms. The molecule has 8 heteroatoms. The van der Waals surface area contributed by atoms with Gasteiger partial charge in [-0.25, -0.2) is 8.42 Å². The summed E-state index contributed by atoms with van der Waals surface area (Å²) in [5.74, 6) is -0.402. The summed E-state index contributed by atoms with van der Waals surface area (Å²) in [6, 6.07) is 4.81. The standard InChI is InChI=1S/C13H16Cl2N2O3S/c1-3-6-16-13(18)9-17(21(2,19)20)8-10-4-5-11(14)12(15)7-10/h3-5,7H,1,6,8-9H2,2H3,(H,16,18). The lowest BCUT2D eigenvalue weighted by Crippen LogP contribution is -2.39. The minimum Gasteiger partial charge on any atom is -0.351 e. The Bertz CT molecular complexity index is 632. The van der Waals surface area contributed by atoms with Crippen LogP contribution in [0.3, 0.4) is 0 Å². The normalized spacial score (nSPS) is 11.4. The molecular weight excluding hydrogens is 335 g/mol. The Hall–Kier alpha value is -1.08. The van der Waals surface area contributed by atoms with E-state index in [9.17, 15) is 13.2 Å². The summed E-state index contributed by atoms with van der Waals surface area (Å²) in [6.07, 6.45) is 2.56. The third kappa shape index (κ3) is 6.05. The summed E-state index contributed by atoms with van der Waals surface area (Å²) in [5.41, 5.74) is 0.645. The average molecular weight is 351 g/mol. The molecule has 0 saturated heterocycles. The summed E-state index contributed by atoms with van der Waals surface area (Å²) in [4.78, 5) is 11.7. The molecule has 0 aromatic heterocycles. The monoisotopic (exact) mass is 350 g/mol. The van der Waals surface area contributed by atoms with E-state index in [0.717, 1.165) is 10.6 Å². The molecular formula is C13H16Cl2N2O3S. The molecule has 0 fully saturated rings. The number of halogens is 2. The highest BCUT2D eigenvalue weighted by Crippen LogP contribution is 2.23. The van der Waals surface area contributed by atoms with E-state index in [1.165, 1.54) is 6.08 Å². The van der Waals surface area contributed by atoms with E-state index in [2.05, 4.69) is 11.9 Å². The molecule has 1 aromatic carbocycles. The van der Waals surface area contributed by atoms with Crippen LogP contribution in [-0.2, 0) is 21.4 Å². The number of sulfonamides is 1. The van der Waals surface area contributed by atoms with Crippen LogP contribution in [0.5, 0.6) is 0 Å². The van der Waals surface area contributed by atoms with Crippen molar-refractivity contribution in [3.63, 3.8) is 0 Å². The zero-order chi connectivity index (χ0) is 16.0. The first-order valence-electron chi connectivity index (χ1n) is 6.00. The van der Waals surface area contributed by atoms with Crippen LogP contribution in [-0.4, -0.2) is 38.0 Å². The first kappa shape index (κ1) is 18.0. The van der Waals surface area contributed by atoms with Crippen LogP contribution < -0.4 is 5.32 Å². The van der Waals surface area contributed by atoms with E-state index in [1.807, 2.05) is 0 Å². The molecule has 1 rings (SSSR count). The molecule has 0 aliphatic rings. The van der Waals surface area contributed by atoms with E-state index >= 15 is 0 Å². The number of carbonyl (C=O) groups is 1. The van der Waals surface area contributed by atoms with Crippen molar-refractivity contribution in [2.75, 3.05) is 19.3 Å². The predicted molar refractivity (Wildman–Crippen MR) is 84.9 cm³/mol. The van der Waals surface area contributed by atoms with E-state index in [0.29, 0.717) is 15.6 Å². The zero-order valence-electron chi connectivity index (χ0n) is 11.5. The van der Waals surface area contributed by atoms with Crippen LogP contribution in [0, 0.1) is 0 Å². The smallest absolute Gasteiger partial charge is 0.235 e. The van der Waals surface area contributed by atoms with Crippen molar-refractivity contribution in [3.8, 4) is 0 Å². The number of nitrogens with one attached hydrogen (secondary N) is 1. The third-order valence-electron chi connectivity index (χ3n) is 2.58. The van der Waals surface area contributed by atoms with E-state index in [4.69, 9.17) is 23.2 Å². The quantitative estimate of drug-likeness (QED) is 0.765. The Labute approximate surface area is 134 Å². The molecule has 0 radical (unpaired) electrons. The maximum Gasteiger partial charge on any atom is 0.235 e. The van der Waals surface area contributed by atoms with Crippen molar-refractivity contribution in [3.05, 3.63) is 46.5 Å². The summed E-state index contributed by atoms with van der Waals surface area (Å²) < 4.78 is 24.6. The minimum atomic E-state index is -3.54. The number of nitrogens with zero attached hydrogens (tertiary/aromatic N) is 1. The Balaban J connectivity index is 2.86. The fourth-order valence-corrected chi connectivity index (χ4v) is 2.59. The number of amides is 1. The molecule has 1 N–H and O–H groups in total. The van der Waals surface area contributed by atoms with Crippen molar-refractivity contribution in [2.45, 2.75) is 6.54 Å². The predicted octanol–water partition coefficient (Wildman–Crippen LogP) is 2.06. The van der Waals surface area contributed by atoms with Crippen molar-refractivity contribution in [2.24, 2.45) is 0 Å². The summed E-state index contributed by atoms with van der Waals surface area (Å²) >= 11 is 11.7. The molecule has 0 atom stereocenters. The molecule has 5 nitrogen and oxygen atoms in total.